The molecule has 3 heteroatoms. The molecule has 2 aromatic carbocycles. The van der Waals surface area contributed by atoms with E-state index in [2.05, 4.69) is 24.3 Å². The number of fused-ring (bicyclic) bond motifs is 1. The van der Waals surface area contributed by atoms with Gasteiger partial charge in [0.25, 0.3) is 0 Å². The smallest absolute Gasteiger partial charge is 0.0684 e. The van der Waals surface area contributed by atoms with Crippen molar-refractivity contribution >= 4 is 21.6 Å². The fourth-order valence-electron chi connectivity index (χ4n) is 2.09. The summed E-state index contributed by atoms with van der Waals surface area (Å²) in [7, 11) is -0.926. The molecule has 0 aromatic heterocycles. The molecular weight excluding hydrogens is 266 g/mol. The molecule has 2 nitrogen and oxygen atoms in total. The number of rotatable bonds is 5. The Hall–Kier alpha value is -1.66. The molecule has 2 aromatic rings. The second-order valence-electron chi connectivity index (χ2n) is 5.67. The fourth-order valence-corrected chi connectivity index (χ4v) is 3.57. The summed E-state index contributed by atoms with van der Waals surface area (Å²) in [4.78, 5) is 0. The molecule has 0 spiro atoms. The van der Waals surface area contributed by atoms with E-state index in [1.807, 2.05) is 38.1 Å². The highest BCUT2D eigenvalue weighted by Gasteiger charge is 2.18. The lowest BCUT2D eigenvalue weighted by atomic mass is 9.93. The van der Waals surface area contributed by atoms with Crippen molar-refractivity contribution in [2.45, 2.75) is 26.0 Å². The van der Waals surface area contributed by atoms with Crippen LogP contribution in [0.3, 0.4) is 0 Å². The van der Waals surface area contributed by atoms with Crippen molar-refractivity contribution in [3.8, 4) is 6.07 Å². The van der Waals surface area contributed by atoms with Crippen molar-refractivity contribution in [2.24, 2.45) is 5.41 Å². The van der Waals surface area contributed by atoms with Gasteiger partial charge >= 0.3 is 0 Å². The van der Waals surface area contributed by atoms with Crippen LogP contribution in [0.1, 0.15) is 25.8 Å². The van der Waals surface area contributed by atoms with Crippen molar-refractivity contribution in [1.29, 1.82) is 5.26 Å². The Kier molecular flexibility index (Phi) is 4.57. The van der Waals surface area contributed by atoms with E-state index in [0.717, 1.165) is 5.56 Å². The highest BCUT2D eigenvalue weighted by molar-refractivity contribution is 7.84. The van der Waals surface area contributed by atoms with Gasteiger partial charge in [0, 0.05) is 22.3 Å². The van der Waals surface area contributed by atoms with Crippen LogP contribution in [0.5, 0.6) is 0 Å². The summed E-state index contributed by atoms with van der Waals surface area (Å²) < 4.78 is 12.2. The normalized spacial score (nSPS) is 13.1. The van der Waals surface area contributed by atoms with Gasteiger partial charge < -0.3 is 0 Å². The average molecular weight is 285 g/mol. The molecule has 104 valence electrons. The third kappa shape index (κ3) is 3.68. The minimum absolute atomic E-state index is 0.394. The Labute approximate surface area is 122 Å². The number of hydrogen-bond acceptors (Lipinski definition) is 2. The van der Waals surface area contributed by atoms with Crippen molar-refractivity contribution in [1.82, 2.24) is 0 Å². The quantitative estimate of drug-likeness (QED) is 0.832. The molecule has 2 rings (SSSR count). The molecule has 0 aliphatic carbocycles. The maximum Gasteiger partial charge on any atom is 0.0684 e. The summed E-state index contributed by atoms with van der Waals surface area (Å²) in [5.41, 5.74) is 0.727. The van der Waals surface area contributed by atoms with Gasteiger partial charge in [-0.15, -0.1) is 0 Å². The third-order valence-corrected chi connectivity index (χ3v) is 4.75. The molecule has 0 aliphatic rings. The number of nitriles is 1. The van der Waals surface area contributed by atoms with Crippen molar-refractivity contribution < 1.29 is 4.21 Å². The van der Waals surface area contributed by atoms with E-state index in [1.165, 1.54) is 10.8 Å². The average Bonchev–Trinajstić information content (AvgIpc) is 2.46. The van der Waals surface area contributed by atoms with Gasteiger partial charge in [0.2, 0.25) is 0 Å². The highest BCUT2D eigenvalue weighted by atomic mass is 32.2. The lowest BCUT2D eigenvalue weighted by molar-refractivity contribution is 0.479. The molecule has 0 amide bonds. The highest BCUT2D eigenvalue weighted by Crippen LogP contribution is 2.22. The third-order valence-electron chi connectivity index (χ3n) is 3.45. The van der Waals surface area contributed by atoms with E-state index in [9.17, 15) is 4.21 Å². The van der Waals surface area contributed by atoms with Gasteiger partial charge in [-0.05, 0) is 36.6 Å². The van der Waals surface area contributed by atoms with Gasteiger partial charge in [-0.2, -0.15) is 5.26 Å². The summed E-state index contributed by atoms with van der Waals surface area (Å²) in [6.07, 6.45) is 0.668. The molecule has 0 aliphatic heterocycles. The van der Waals surface area contributed by atoms with Crippen LogP contribution < -0.4 is 0 Å². The lowest BCUT2D eigenvalue weighted by Gasteiger charge is -2.14. The monoisotopic (exact) mass is 285 g/mol. The van der Waals surface area contributed by atoms with Crippen LogP contribution in [0.2, 0.25) is 0 Å². The lowest BCUT2D eigenvalue weighted by Crippen LogP contribution is -2.13. The Morgan fingerprint density at radius 1 is 1.15 bits per heavy atom. The second kappa shape index (κ2) is 6.19. The molecule has 0 N–H and O–H groups in total. The molecular formula is C17H19NOS. The second-order valence-corrected chi connectivity index (χ2v) is 7.25. The number of benzene rings is 2. The first kappa shape index (κ1) is 14.7. The fraction of sp³-hybridized carbons (Fsp3) is 0.353. The SMILES string of the molecule is CC(C)(C#N)CC[S@](=O)Cc1cccc2ccccc12. The molecule has 0 saturated carbocycles. The molecule has 1 atom stereocenters. The summed E-state index contributed by atoms with van der Waals surface area (Å²) in [6.45, 7) is 3.78. The molecule has 0 heterocycles. The van der Waals surface area contributed by atoms with E-state index in [-0.39, 0.29) is 0 Å². The standard InChI is InChI=1S/C17H19NOS/c1-17(2,13-18)10-11-20(19)12-15-8-5-7-14-6-3-4-9-16(14)15/h3-9H,10-12H2,1-2H3/t20-/m0/s1. The van der Waals surface area contributed by atoms with Gasteiger partial charge in [0.1, 0.15) is 0 Å². The van der Waals surface area contributed by atoms with Gasteiger partial charge in [-0.25, -0.2) is 0 Å². The van der Waals surface area contributed by atoms with Gasteiger partial charge in [-0.1, -0.05) is 42.5 Å². The number of nitrogens with zero attached hydrogens (tertiary/aromatic N) is 1. The summed E-state index contributed by atoms with van der Waals surface area (Å²) in [5.74, 6) is 1.13. The van der Waals surface area contributed by atoms with Crippen molar-refractivity contribution in [3.63, 3.8) is 0 Å². The van der Waals surface area contributed by atoms with Crippen LogP contribution in [-0.4, -0.2) is 9.96 Å². The van der Waals surface area contributed by atoms with E-state index >= 15 is 0 Å². The van der Waals surface area contributed by atoms with E-state index in [0.29, 0.717) is 17.9 Å². The molecule has 0 fully saturated rings. The van der Waals surface area contributed by atoms with E-state index in [1.54, 1.807) is 0 Å². The summed E-state index contributed by atoms with van der Waals surface area (Å²) in [6, 6.07) is 16.5. The maximum absolute atomic E-state index is 12.2. The Balaban J connectivity index is 2.09. The molecule has 0 bridgehead atoms. The van der Waals surface area contributed by atoms with Gasteiger partial charge in [0.15, 0.2) is 0 Å². The minimum atomic E-state index is -0.926. The largest absolute Gasteiger partial charge is 0.259 e. The predicted octanol–water partition coefficient (Wildman–Crippen LogP) is 4.03. The molecule has 0 radical (unpaired) electrons. The molecule has 0 unspecified atom stereocenters. The summed E-state index contributed by atoms with van der Waals surface area (Å²) in [5, 5.41) is 11.3. The first-order valence-corrected chi connectivity index (χ1v) is 8.23. The Morgan fingerprint density at radius 2 is 1.85 bits per heavy atom. The van der Waals surface area contributed by atoms with Crippen LogP contribution in [0.4, 0.5) is 0 Å². The Bertz CT molecular complexity index is 665. The first-order valence-electron chi connectivity index (χ1n) is 6.75. The molecule has 20 heavy (non-hydrogen) atoms. The zero-order chi connectivity index (χ0) is 14.6. The topological polar surface area (TPSA) is 40.9 Å². The van der Waals surface area contributed by atoms with Crippen LogP contribution in [0.15, 0.2) is 42.5 Å². The zero-order valence-corrected chi connectivity index (χ0v) is 12.7. The minimum Gasteiger partial charge on any atom is -0.259 e. The van der Waals surface area contributed by atoms with E-state index in [4.69, 9.17) is 5.26 Å². The van der Waals surface area contributed by atoms with Crippen LogP contribution in [0, 0.1) is 16.7 Å². The zero-order valence-electron chi connectivity index (χ0n) is 11.9. The number of hydrogen-bond donors (Lipinski definition) is 0. The maximum atomic E-state index is 12.2. The first-order chi connectivity index (χ1) is 9.52. The van der Waals surface area contributed by atoms with Crippen LogP contribution in [0.25, 0.3) is 10.8 Å². The van der Waals surface area contributed by atoms with Crippen LogP contribution in [-0.2, 0) is 16.6 Å². The van der Waals surface area contributed by atoms with Crippen LogP contribution >= 0.6 is 0 Å². The van der Waals surface area contributed by atoms with E-state index < -0.39 is 16.2 Å². The van der Waals surface area contributed by atoms with Crippen molar-refractivity contribution in [3.05, 3.63) is 48.0 Å². The Morgan fingerprint density at radius 3 is 2.60 bits per heavy atom. The predicted molar refractivity (Wildman–Crippen MR) is 84.7 cm³/mol. The molecule has 0 saturated heterocycles. The summed E-state index contributed by atoms with van der Waals surface area (Å²) >= 11 is 0. The van der Waals surface area contributed by atoms with Gasteiger partial charge in [-0.3, -0.25) is 4.21 Å². The van der Waals surface area contributed by atoms with Gasteiger partial charge in [0.05, 0.1) is 11.5 Å². The van der Waals surface area contributed by atoms with Crippen molar-refractivity contribution in [2.75, 3.05) is 5.75 Å².